The highest BCUT2D eigenvalue weighted by Crippen LogP contribution is 2.58. The van der Waals surface area contributed by atoms with Gasteiger partial charge in [0.1, 0.15) is 12.4 Å². The Bertz CT molecular complexity index is 1250. The number of rotatable bonds is 8. The fraction of sp³-hybridized carbons (Fsp3) is 0.273. The van der Waals surface area contributed by atoms with Crippen LogP contribution < -0.4 is 10.0 Å². The van der Waals surface area contributed by atoms with Crippen molar-refractivity contribution in [3.05, 3.63) is 126 Å². The molecule has 0 N–H and O–H groups in total. The first-order valence-electron chi connectivity index (χ1n) is 13.0. The van der Waals surface area contributed by atoms with E-state index in [2.05, 4.69) is 122 Å². The number of aryl methyl sites for hydroxylation is 1. The maximum absolute atomic E-state index is 6.63. The van der Waals surface area contributed by atoms with Crippen molar-refractivity contribution in [3.63, 3.8) is 0 Å². The number of nitrogens with zero attached hydrogens (tertiary/aromatic N) is 1. The summed E-state index contributed by atoms with van der Waals surface area (Å²) in [7, 11) is -0.541. The molecule has 1 fully saturated rings. The zero-order chi connectivity index (χ0) is 25.0. The summed E-state index contributed by atoms with van der Waals surface area (Å²) in [6, 6.07) is 28.4. The van der Waals surface area contributed by atoms with Crippen LogP contribution in [0.15, 0.2) is 110 Å². The van der Waals surface area contributed by atoms with E-state index < -0.39 is 8.07 Å². The Balaban J connectivity index is 1.40. The first-order valence-corrected chi connectivity index (χ1v) is 14.3. The standard InChI is InChI=1S/C33H36NOP/c1-26-19-20-32(31(24-26)27(2)28-14-7-4-8-15-28)35-25-29-16-13-23-34(29)36(30-17-9-5-10-18-30)33(3)21-11-6-12-22-33/h4-12,14-15,17-21,24,29H,2,13,16,22-23,25H2,1,3H3. The van der Waals surface area contributed by atoms with Gasteiger partial charge >= 0.3 is 0 Å². The average molecular weight is 494 g/mol. The minimum atomic E-state index is -0.541. The molecule has 3 atom stereocenters. The molecule has 1 saturated heterocycles. The summed E-state index contributed by atoms with van der Waals surface area (Å²) in [5.41, 5.74) is 4.45. The van der Waals surface area contributed by atoms with Gasteiger partial charge in [-0.05, 0) is 54.8 Å². The second-order valence-electron chi connectivity index (χ2n) is 10.1. The molecule has 0 radical (unpaired) electrons. The average Bonchev–Trinajstić information content (AvgIpc) is 3.36. The van der Waals surface area contributed by atoms with Gasteiger partial charge in [0, 0.05) is 31.4 Å². The fourth-order valence-corrected chi connectivity index (χ4v) is 8.70. The number of allylic oxidation sites excluding steroid dienone is 4. The zero-order valence-electron chi connectivity index (χ0n) is 21.4. The van der Waals surface area contributed by atoms with Crippen LogP contribution in [0.1, 0.15) is 42.9 Å². The first kappa shape index (κ1) is 24.8. The summed E-state index contributed by atoms with van der Waals surface area (Å²) in [6.07, 6.45) is 12.6. The van der Waals surface area contributed by atoms with E-state index in [0.29, 0.717) is 12.6 Å². The van der Waals surface area contributed by atoms with Crippen molar-refractivity contribution >= 4 is 18.9 Å². The van der Waals surface area contributed by atoms with Gasteiger partial charge in [-0.3, -0.25) is 4.67 Å². The van der Waals surface area contributed by atoms with Crippen LogP contribution in [-0.4, -0.2) is 29.0 Å². The molecule has 2 aliphatic rings. The third kappa shape index (κ3) is 5.26. The molecule has 3 aromatic carbocycles. The molecule has 0 bridgehead atoms. The van der Waals surface area contributed by atoms with Crippen LogP contribution in [0, 0.1) is 6.92 Å². The number of hydrogen-bond acceptors (Lipinski definition) is 2. The molecule has 2 nitrogen and oxygen atoms in total. The van der Waals surface area contributed by atoms with Crippen LogP contribution >= 0.6 is 8.07 Å². The lowest BCUT2D eigenvalue weighted by atomic mass is 9.97. The van der Waals surface area contributed by atoms with Crippen LogP contribution in [0.25, 0.3) is 5.57 Å². The molecule has 1 aliphatic heterocycles. The first-order chi connectivity index (χ1) is 17.5. The highest BCUT2D eigenvalue weighted by Gasteiger charge is 2.42. The molecular formula is C33H36NOP. The van der Waals surface area contributed by atoms with Gasteiger partial charge in [-0.2, -0.15) is 0 Å². The smallest absolute Gasteiger partial charge is 0.127 e. The molecule has 36 heavy (non-hydrogen) atoms. The lowest BCUT2D eigenvalue weighted by molar-refractivity contribution is 0.236. The lowest BCUT2D eigenvalue weighted by Gasteiger charge is -2.44. The molecule has 3 aromatic rings. The summed E-state index contributed by atoms with van der Waals surface area (Å²) in [4.78, 5) is 0. The fourth-order valence-electron chi connectivity index (χ4n) is 5.42. The van der Waals surface area contributed by atoms with Crippen LogP contribution in [-0.2, 0) is 0 Å². The Labute approximate surface area is 217 Å². The summed E-state index contributed by atoms with van der Waals surface area (Å²) < 4.78 is 9.40. The maximum atomic E-state index is 6.63. The number of hydrogen-bond donors (Lipinski definition) is 0. The molecule has 0 amide bonds. The largest absolute Gasteiger partial charge is 0.491 e. The second kappa shape index (κ2) is 11.0. The van der Waals surface area contributed by atoms with Crippen LogP contribution in [0.4, 0.5) is 0 Å². The predicted molar refractivity (Wildman–Crippen MR) is 155 cm³/mol. The van der Waals surface area contributed by atoms with Gasteiger partial charge in [-0.25, -0.2) is 0 Å². The van der Waals surface area contributed by atoms with Crippen LogP contribution in [0.5, 0.6) is 5.75 Å². The predicted octanol–water partition coefficient (Wildman–Crippen LogP) is 7.90. The normalized spacial score (nSPS) is 22.4. The van der Waals surface area contributed by atoms with Gasteiger partial charge < -0.3 is 4.74 Å². The van der Waals surface area contributed by atoms with E-state index >= 15 is 0 Å². The van der Waals surface area contributed by atoms with E-state index in [1.54, 1.807) is 0 Å². The molecule has 0 spiro atoms. The zero-order valence-corrected chi connectivity index (χ0v) is 22.3. The molecule has 1 heterocycles. The molecule has 3 unspecified atom stereocenters. The molecule has 0 aromatic heterocycles. The highest BCUT2D eigenvalue weighted by molar-refractivity contribution is 7.65. The van der Waals surface area contributed by atoms with E-state index in [9.17, 15) is 0 Å². The van der Waals surface area contributed by atoms with Gasteiger partial charge in [-0.15, -0.1) is 0 Å². The van der Waals surface area contributed by atoms with Gasteiger partial charge in [0.25, 0.3) is 0 Å². The van der Waals surface area contributed by atoms with Crippen molar-refractivity contribution in [2.45, 2.75) is 44.3 Å². The quantitative estimate of drug-likeness (QED) is 0.296. The van der Waals surface area contributed by atoms with Crippen molar-refractivity contribution < 1.29 is 4.74 Å². The van der Waals surface area contributed by atoms with E-state index in [0.717, 1.165) is 35.4 Å². The van der Waals surface area contributed by atoms with Crippen LogP contribution in [0.2, 0.25) is 0 Å². The Morgan fingerprint density at radius 3 is 2.50 bits per heavy atom. The lowest BCUT2D eigenvalue weighted by Crippen LogP contribution is -2.40. The Kier molecular flexibility index (Phi) is 7.56. The van der Waals surface area contributed by atoms with E-state index in [1.807, 2.05) is 6.07 Å². The van der Waals surface area contributed by atoms with Crippen LogP contribution in [0.3, 0.4) is 0 Å². The molecule has 184 valence electrons. The Hall–Kier alpha value is -2.93. The number of ether oxygens (including phenoxy) is 1. The van der Waals surface area contributed by atoms with Crippen molar-refractivity contribution in [2.24, 2.45) is 0 Å². The molecule has 5 rings (SSSR count). The van der Waals surface area contributed by atoms with E-state index in [-0.39, 0.29) is 5.16 Å². The minimum Gasteiger partial charge on any atom is -0.491 e. The van der Waals surface area contributed by atoms with Crippen molar-refractivity contribution in [1.82, 2.24) is 4.67 Å². The molecular weight excluding hydrogens is 457 g/mol. The third-order valence-corrected chi connectivity index (χ3v) is 10.5. The minimum absolute atomic E-state index is 0.116. The van der Waals surface area contributed by atoms with Crippen molar-refractivity contribution in [1.29, 1.82) is 0 Å². The molecule has 1 aliphatic carbocycles. The SMILES string of the molecule is C=C(c1ccccc1)c1cc(C)ccc1OCC1CCCN1P(c1ccccc1)C1(C)C=CC=CC1. The Morgan fingerprint density at radius 2 is 1.78 bits per heavy atom. The van der Waals surface area contributed by atoms with Gasteiger partial charge in [-0.1, -0.05) is 110 Å². The van der Waals surface area contributed by atoms with E-state index in [4.69, 9.17) is 4.74 Å². The second-order valence-corrected chi connectivity index (χ2v) is 12.8. The summed E-state index contributed by atoms with van der Waals surface area (Å²) in [6.45, 7) is 10.8. The van der Waals surface area contributed by atoms with E-state index in [1.165, 1.54) is 23.7 Å². The highest BCUT2D eigenvalue weighted by atomic mass is 31.1. The van der Waals surface area contributed by atoms with Gasteiger partial charge in [0.05, 0.1) is 0 Å². The summed E-state index contributed by atoms with van der Waals surface area (Å²) >= 11 is 0. The Morgan fingerprint density at radius 1 is 1.03 bits per heavy atom. The van der Waals surface area contributed by atoms with Crippen molar-refractivity contribution in [2.75, 3.05) is 13.2 Å². The topological polar surface area (TPSA) is 12.5 Å². The van der Waals surface area contributed by atoms with Gasteiger partial charge in [0.2, 0.25) is 0 Å². The van der Waals surface area contributed by atoms with Crippen molar-refractivity contribution in [3.8, 4) is 5.75 Å². The van der Waals surface area contributed by atoms with Gasteiger partial charge in [0.15, 0.2) is 0 Å². The molecule has 3 heteroatoms. The monoisotopic (exact) mass is 493 g/mol. The third-order valence-electron chi connectivity index (χ3n) is 7.33. The maximum Gasteiger partial charge on any atom is 0.127 e. The number of benzene rings is 3. The molecule has 0 saturated carbocycles. The summed E-state index contributed by atoms with van der Waals surface area (Å²) in [5, 5.41) is 1.57. The summed E-state index contributed by atoms with van der Waals surface area (Å²) in [5.74, 6) is 0.928.